The van der Waals surface area contributed by atoms with Gasteiger partial charge in [-0.3, -0.25) is 4.57 Å². The Morgan fingerprint density at radius 2 is 1.83 bits per heavy atom. The van der Waals surface area contributed by atoms with Crippen LogP contribution in [0.2, 0.25) is 0 Å². The minimum atomic E-state index is -4.38. The Kier molecular flexibility index (Phi) is 6.53. The zero-order valence-corrected chi connectivity index (χ0v) is 19.9. The molecule has 6 nitrogen and oxygen atoms in total. The topological polar surface area (TPSA) is 64.9 Å². The Morgan fingerprint density at radius 1 is 1.03 bits per heavy atom. The number of hydrogen-bond donors (Lipinski definition) is 1. The van der Waals surface area contributed by atoms with Gasteiger partial charge in [-0.15, -0.1) is 10.2 Å². The molecule has 1 N–H and O–H groups in total. The van der Waals surface area contributed by atoms with Crippen molar-refractivity contribution in [2.24, 2.45) is 0 Å². The normalized spacial score (nSPS) is 22.4. The van der Waals surface area contributed by atoms with Crippen molar-refractivity contribution in [1.82, 2.24) is 25.1 Å². The van der Waals surface area contributed by atoms with Crippen LogP contribution in [0.1, 0.15) is 68.2 Å². The molecule has 0 saturated heterocycles. The summed E-state index contributed by atoms with van der Waals surface area (Å²) in [5, 5.41) is 12.6. The first-order valence-electron chi connectivity index (χ1n) is 12.3. The van der Waals surface area contributed by atoms with Crippen molar-refractivity contribution in [1.29, 1.82) is 0 Å². The van der Waals surface area contributed by atoms with E-state index < -0.39 is 11.7 Å². The number of benzene rings is 1. The lowest BCUT2D eigenvalue weighted by Gasteiger charge is -2.28. The molecule has 0 amide bonds. The number of aromatic nitrogens is 4. The van der Waals surface area contributed by atoms with E-state index in [0.717, 1.165) is 43.0 Å². The smallest absolute Gasteiger partial charge is 0.416 e. The van der Waals surface area contributed by atoms with Gasteiger partial charge in [0.25, 0.3) is 0 Å². The average Bonchev–Trinajstić information content (AvgIpc) is 3.15. The summed E-state index contributed by atoms with van der Waals surface area (Å²) in [7, 11) is 0. The molecule has 35 heavy (non-hydrogen) atoms. The summed E-state index contributed by atoms with van der Waals surface area (Å²) in [6.07, 6.45) is 2.02. The number of hydrogen-bond acceptors (Lipinski definition) is 5. The summed E-state index contributed by atoms with van der Waals surface area (Å²) in [5.74, 6) is 2.43. The van der Waals surface area contributed by atoms with Gasteiger partial charge in [-0.05, 0) is 61.9 Å². The molecule has 3 aromatic rings. The Labute approximate surface area is 202 Å². The van der Waals surface area contributed by atoms with Crippen molar-refractivity contribution < 1.29 is 17.9 Å². The van der Waals surface area contributed by atoms with Crippen LogP contribution in [0, 0.1) is 0 Å². The van der Waals surface area contributed by atoms with E-state index in [0.29, 0.717) is 24.3 Å². The van der Waals surface area contributed by atoms with Crippen LogP contribution in [0.25, 0.3) is 5.69 Å². The van der Waals surface area contributed by atoms with Gasteiger partial charge in [0.05, 0.1) is 11.3 Å². The van der Waals surface area contributed by atoms with Gasteiger partial charge in [-0.25, -0.2) is 4.98 Å². The summed E-state index contributed by atoms with van der Waals surface area (Å²) < 4.78 is 48.6. The fraction of sp³-hybridized carbons (Fsp3) is 0.500. The Bertz CT molecular complexity index is 1150. The van der Waals surface area contributed by atoms with Crippen LogP contribution in [0.15, 0.2) is 42.6 Å². The molecule has 1 saturated carbocycles. The maximum absolute atomic E-state index is 13.5. The standard InChI is InChI=1S/C26H30F3N5O/c1-16(2)31-20-14-18-13-19(26(27,28)29)8-11-22(18)34-23(15-20)32-33-25(34)17-6-9-21(10-7-17)35-24-5-3-4-12-30-24/h3-5,8,11-13,16-17,20-21,31H,6-7,9-10,14-15H2,1-2H3. The number of pyridine rings is 1. The molecule has 0 spiro atoms. The molecule has 1 aliphatic heterocycles. The van der Waals surface area contributed by atoms with Crippen LogP contribution < -0.4 is 10.1 Å². The van der Waals surface area contributed by atoms with Crippen molar-refractivity contribution >= 4 is 0 Å². The van der Waals surface area contributed by atoms with Gasteiger partial charge in [0.1, 0.15) is 17.8 Å². The highest BCUT2D eigenvalue weighted by Crippen LogP contribution is 2.38. The van der Waals surface area contributed by atoms with Crippen LogP contribution in [-0.2, 0) is 19.0 Å². The predicted octanol–water partition coefficient (Wildman–Crippen LogP) is 5.25. The summed E-state index contributed by atoms with van der Waals surface area (Å²) >= 11 is 0. The van der Waals surface area contributed by atoms with Crippen molar-refractivity contribution in [2.45, 2.75) is 82.7 Å². The Hall–Kier alpha value is -2.94. The molecule has 1 aromatic carbocycles. The van der Waals surface area contributed by atoms with E-state index in [1.54, 1.807) is 12.3 Å². The molecule has 1 aliphatic carbocycles. The highest BCUT2D eigenvalue weighted by Gasteiger charge is 2.35. The summed E-state index contributed by atoms with van der Waals surface area (Å²) in [5.41, 5.74) is 0.808. The van der Waals surface area contributed by atoms with E-state index in [-0.39, 0.29) is 24.1 Å². The van der Waals surface area contributed by atoms with E-state index >= 15 is 0 Å². The zero-order chi connectivity index (χ0) is 24.6. The number of rotatable bonds is 5. The van der Waals surface area contributed by atoms with E-state index in [1.807, 2.05) is 36.6 Å². The number of ether oxygens (including phenoxy) is 1. The van der Waals surface area contributed by atoms with E-state index in [4.69, 9.17) is 4.74 Å². The van der Waals surface area contributed by atoms with Gasteiger partial charge >= 0.3 is 6.18 Å². The molecule has 0 radical (unpaired) electrons. The third-order valence-electron chi connectivity index (χ3n) is 6.83. The monoisotopic (exact) mass is 485 g/mol. The molecule has 1 fully saturated rings. The molecule has 1 unspecified atom stereocenters. The molecule has 1 atom stereocenters. The first-order chi connectivity index (χ1) is 16.8. The molecule has 2 aromatic heterocycles. The molecule has 0 bridgehead atoms. The minimum absolute atomic E-state index is 0.0157. The highest BCUT2D eigenvalue weighted by atomic mass is 19.4. The Morgan fingerprint density at radius 3 is 2.51 bits per heavy atom. The molecule has 9 heteroatoms. The van der Waals surface area contributed by atoms with Crippen molar-refractivity contribution in [3.63, 3.8) is 0 Å². The number of nitrogens with zero attached hydrogens (tertiary/aromatic N) is 4. The van der Waals surface area contributed by atoms with Gasteiger partial charge in [0.15, 0.2) is 0 Å². The Balaban J connectivity index is 1.43. The quantitative estimate of drug-likeness (QED) is 0.535. The molecular weight excluding hydrogens is 455 g/mol. The minimum Gasteiger partial charge on any atom is -0.474 e. The number of halogens is 3. The first kappa shape index (κ1) is 23.8. The van der Waals surface area contributed by atoms with Crippen molar-refractivity contribution in [3.05, 3.63) is 65.4 Å². The van der Waals surface area contributed by atoms with Crippen LogP contribution in [0.4, 0.5) is 13.2 Å². The van der Waals surface area contributed by atoms with Gasteiger partial charge < -0.3 is 10.1 Å². The molecule has 3 heterocycles. The molecule has 186 valence electrons. The van der Waals surface area contributed by atoms with Crippen molar-refractivity contribution in [2.75, 3.05) is 0 Å². The first-order valence-corrected chi connectivity index (χ1v) is 12.3. The van der Waals surface area contributed by atoms with E-state index in [2.05, 4.69) is 20.5 Å². The second-order valence-corrected chi connectivity index (χ2v) is 9.84. The second-order valence-electron chi connectivity index (χ2n) is 9.84. The number of fused-ring (bicyclic) bond motifs is 3. The maximum Gasteiger partial charge on any atom is 0.416 e. The molecular formula is C26H30F3N5O. The number of alkyl halides is 3. The third kappa shape index (κ3) is 5.19. The maximum atomic E-state index is 13.5. The van der Waals surface area contributed by atoms with Crippen LogP contribution >= 0.6 is 0 Å². The lowest BCUT2D eigenvalue weighted by molar-refractivity contribution is -0.137. The van der Waals surface area contributed by atoms with Gasteiger partial charge in [-0.1, -0.05) is 19.9 Å². The van der Waals surface area contributed by atoms with Crippen LogP contribution in [-0.4, -0.2) is 37.9 Å². The zero-order valence-electron chi connectivity index (χ0n) is 19.9. The van der Waals surface area contributed by atoms with E-state index in [9.17, 15) is 13.2 Å². The lowest BCUT2D eigenvalue weighted by Crippen LogP contribution is -2.37. The largest absolute Gasteiger partial charge is 0.474 e. The SMILES string of the molecule is CC(C)NC1Cc2cc(C(F)(F)F)ccc2-n2c(nnc2C2CCC(Oc3ccccn3)CC2)C1. The second kappa shape index (κ2) is 9.60. The lowest BCUT2D eigenvalue weighted by atomic mass is 9.86. The third-order valence-corrected chi connectivity index (χ3v) is 6.83. The van der Waals surface area contributed by atoms with Gasteiger partial charge in [0, 0.05) is 36.7 Å². The van der Waals surface area contributed by atoms with Crippen molar-refractivity contribution in [3.8, 4) is 11.6 Å². The van der Waals surface area contributed by atoms with Gasteiger partial charge in [0.2, 0.25) is 5.88 Å². The van der Waals surface area contributed by atoms with Crippen LogP contribution in [0.5, 0.6) is 5.88 Å². The predicted molar refractivity (Wildman–Crippen MR) is 126 cm³/mol. The fourth-order valence-corrected chi connectivity index (χ4v) is 5.31. The average molecular weight is 486 g/mol. The summed E-state index contributed by atoms with van der Waals surface area (Å²) in [4.78, 5) is 4.25. The highest BCUT2D eigenvalue weighted by molar-refractivity contribution is 5.48. The summed E-state index contributed by atoms with van der Waals surface area (Å²) in [6, 6.07) is 9.86. The molecule has 5 rings (SSSR count). The van der Waals surface area contributed by atoms with Crippen LogP contribution in [0.3, 0.4) is 0 Å². The van der Waals surface area contributed by atoms with E-state index in [1.165, 1.54) is 12.1 Å². The van der Waals surface area contributed by atoms with Gasteiger partial charge in [-0.2, -0.15) is 13.2 Å². The molecule has 2 aliphatic rings. The summed E-state index contributed by atoms with van der Waals surface area (Å²) in [6.45, 7) is 4.08. The number of nitrogens with one attached hydrogen (secondary N) is 1. The fourth-order valence-electron chi connectivity index (χ4n) is 5.31.